The lowest BCUT2D eigenvalue weighted by Gasteiger charge is -2.18. The molecule has 2 aromatic rings. The Morgan fingerprint density at radius 3 is 2.55 bits per heavy atom. The largest absolute Gasteiger partial charge is 0.495 e. The molecule has 2 aromatic carbocycles. The highest BCUT2D eigenvalue weighted by atomic mass is 79.9. The van der Waals surface area contributed by atoms with Crippen LogP contribution in [0.3, 0.4) is 0 Å². The number of benzene rings is 2. The summed E-state index contributed by atoms with van der Waals surface area (Å²) in [6, 6.07) is 12.6. The van der Waals surface area contributed by atoms with Crippen molar-refractivity contribution in [1.29, 1.82) is 0 Å². The first-order chi connectivity index (χ1) is 9.58. The average molecular weight is 338 g/mol. The van der Waals surface area contributed by atoms with Crippen LogP contribution >= 0.6 is 15.9 Å². The summed E-state index contributed by atoms with van der Waals surface area (Å²) < 4.78 is 19.2. The summed E-state index contributed by atoms with van der Waals surface area (Å²) in [5, 5.41) is 3.42. The first kappa shape index (κ1) is 14.9. The van der Waals surface area contributed by atoms with Crippen LogP contribution < -0.4 is 10.1 Å². The number of methoxy groups -OCH3 is 1. The van der Waals surface area contributed by atoms with E-state index in [9.17, 15) is 4.39 Å². The van der Waals surface area contributed by atoms with Gasteiger partial charge in [0.1, 0.15) is 11.6 Å². The van der Waals surface area contributed by atoms with E-state index in [1.54, 1.807) is 7.11 Å². The maximum absolute atomic E-state index is 12.9. The SMILES string of the molecule is COc1ccc(Br)cc1NC(C)Cc1ccc(F)cc1. The van der Waals surface area contributed by atoms with Crippen molar-refractivity contribution in [3.8, 4) is 5.75 Å². The van der Waals surface area contributed by atoms with Crippen molar-refractivity contribution in [1.82, 2.24) is 0 Å². The highest BCUT2D eigenvalue weighted by Gasteiger charge is 2.08. The summed E-state index contributed by atoms with van der Waals surface area (Å²) in [5.41, 5.74) is 2.04. The van der Waals surface area contributed by atoms with Gasteiger partial charge in [-0.05, 0) is 49.2 Å². The predicted molar refractivity (Wildman–Crippen MR) is 83.9 cm³/mol. The van der Waals surface area contributed by atoms with E-state index >= 15 is 0 Å². The molecule has 2 nitrogen and oxygen atoms in total. The molecular formula is C16H17BrFNO. The van der Waals surface area contributed by atoms with Gasteiger partial charge in [0.25, 0.3) is 0 Å². The third-order valence-electron chi connectivity index (χ3n) is 3.02. The molecule has 0 radical (unpaired) electrons. The van der Waals surface area contributed by atoms with Crippen LogP contribution in [-0.4, -0.2) is 13.2 Å². The molecule has 0 saturated carbocycles. The molecule has 0 amide bonds. The van der Waals surface area contributed by atoms with Gasteiger partial charge in [0, 0.05) is 10.5 Å². The van der Waals surface area contributed by atoms with Crippen LogP contribution in [-0.2, 0) is 6.42 Å². The van der Waals surface area contributed by atoms with E-state index in [-0.39, 0.29) is 11.9 Å². The molecule has 0 saturated heterocycles. The zero-order chi connectivity index (χ0) is 14.5. The molecule has 0 aromatic heterocycles. The molecule has 20 heavy (non-hydrogen) atoms. The maximum Gasteiger partial charge on any atom is 0.142 e. The van der Waals surface area contributed by atoms with Gasteiger partial charge in [0.2, 0.25) is 0 Å². The summed E-state index contributed by atoms with van der Waals surface area (Å²) in [7, 11) is 1.65. The average Bonchev–Trinajstić information content (AvgIpc) is 2.41. The number of anilines is 1. The van der Waals surface area contributed by atoms with Gasteiger partial charge in [-0.25, -0.2) is 4.39 Å². The van der Waals surface area contributed by atoms with Gasteiger partial charge in [-0.3, -0.25) is 0 Å². The molecule has 0 spiro atoms. The minimum Gasteiger partial charge on any atom is -0.495 e. The number of ether oxygens (including phenoxy) is 1. The minimum absolute atomic E-state index is 0.206. The molecule has 0 aliphatic heterocycles. The molecule has 0 aliphatic carbocycles. The summed E-state index contributed by atoms with van der Waals surface area (Å²) in [4.78, 5) is 0. The van der Waals surface area contributed by atoms with Crippen LogP contribution in [0.4, 0.5) is 10.1 Å². The van der Waals surface area contributed by atoms with Crippen LogP contribution in [0.2, 0.25) is 0 Å². The lowest BCUT2D eigenvalue weighted by molar-refractivity contribution is 0.416. The van der Waals surface area contributed by atoms with E-state index < -0.39 is 0 Å². The van der Waals surface area contributed by atoms with E-state index in [1.807, 2.05) is 30.3 Å². The smallest absolute Gasteiger partial charge is 0.142 e. The highest BCUT2D eigenvalue weighted by Crippen LogP contribution is 2.28. The fourth-order valence-electron chi connectivity index (χ4n) is 2.08. The van der Waals surface area contributed by atoms with Gasteiger partial charge in [-0.1, -0.05) is 28.1 Å². The molecule has 1 atom stereocenters. The Balaban J connectivity index is 2.05. The second-order valence-corrected chi connectivity index (χ2v) is 5.64. The van der Waals surface area contributed by atoms with Gasteiger partial charge < -0.3 is 10.1 Å². The van der Waals surface area contributed by atoms with Crippen molar-refractivity contribution in [3.05, 3.63) is 58.3 Å². The monoisotopic (exact) mass is 337 g/mol. The van der Waals surface area contributed by atoms with Crippen molar-refractivity contribution < 1.29 is 9.13 Å². The summed E-state index contributed by atoms with van der Waals surface area (Å²) in [6.45, 7) is 2.09. The van der Waals surface area contributed by atoms with Gasteiger partial charge in [-0.15, -0.1) is 0 Å². The third-order valence-corrected chi connectivity index (χ3v) is 3.51. The quantitative estimate of drug-likeness (QED) is 0.858. The van der Waals surface area contributed by atoms with Gasteiger partial charge in [0.05, 0.1) is 12.8 Å². The molecule has 0 heterocycles. The Kier molecular flexibility index (Phi) is 5.01. The van der Waals surface area contributed by atoms with Crippen LogP contribution in [0.25, 0.3) is 0 Å². The van der Waals surface area contributed by atoms with Gasteiger partial charge >= 0.3 is 0 Å². The molecule has 0 fully saturated rings. The molecule has 4 heteroatoms. The Bertz CT molecular complexity index is 571. The fourth-order valence-corrected chi connectivity index (χ4v) is 2.44. The Morgan fingerprint density at radius 1 is 1.20 bits per heavy atom. The van der Waals surface area contributed by atoms with E-state index in [4.69, 9.17) is 4.74 Å². The first-order valence-corrected chi connectivity index (χ1v) is 7.22. The summed E-state index contributed by atoms with van der Waals surface area (Å²) in [6.07, 6.45) is 0.815. The van der Waals surface area contributed by atoms with Crippen LogP contribution in [0.15, 0.2) is 46.9 Å². The lowest BCUT2D eigenvalue weighted by Crippen LogP contribution is -2.18. The molecule has 106 valence electrons. The zero-order valence-corrected chi connectivity index (χ0v) is 13.1. The topological polar surface area (TPSA) is 21.3 Å². The second-order valence-electron chi connectivity index (χ2n) is 4.72. The molecular weight excluding hydrogens is 321 g/mol. The molecule has 2 rings (SSSR count). The number of halogens is 2. The number of hydrogen-bond acceptors (Lipinski definition) is 2. The van der Waals surface area contributed by atoms with Crippen molar-refractivity contribution in [2.45, 2.75) is 19.4 Å². The van der Waals surface area contributed by atoms with E-state index in [0.717, 1.165) is 27.9 Å². The standard InChI is InChI=1S/C16H17BrFNO/c1-11(9-12-3-6-14(18)7-4-12)19-15-10-13(17)5-8-16(15)20-2/h3-8,10-11,19H,9H2,1-2H3. The Morgan fingerprint density at radius 2 is 1.90 bits per heavy atom. The Hall–Kier alpha value is -1.55. The summed E-state index contributed by atoms with van der Waals surface area (Å²) >= 11 is 3.45. The zero-order valence-electron chi connectivity index (χ0n) is 11.5. The molecule has 0 aliphatic rings. The van der Waals surface area contributed by atoms with Crippen molar-refractivity contribution >= 4 is 21.6 Å². The Labute approximate surface area is 127 Å². The molecule has 0 bridgehead atoms. The van der Waals surface area contributed by atoms with Crippen LogP contribution in [0.5, 0.6) is 5.75 Å². The number of hydrogen-bond donors (Lipinski definition) is 1. The second kappa shape index (κ2) is 6.75. The lowest BCUT2D eigenvalue weighted by atomic mass is 10.1. The van der Waals surface area contributed by atoms with E-state index in [2.05, 4.69) is 28.2 Å². The minimum atomic E-state index is -0.206. The van der Waals surface area contributed by atoms with E-state index in [1.165, 1.54) is 12.1 Å². The van der Waals surface area contributed by atoms with Crippen molar-refractivity contribution in [3.63, 3.8) is 0 Å². The highest BCUT2D eigenvalue weighted by molar-refractivity contribution is 9.10. The van der Waals surface area contributed by atoms with Crippen molar-refractivity contribution in [2.75, 3.05) is 12.4 Å². The van der Waals surface area contributed by atoms with Gasteiger partial charge in [0.15, 0.2) is 0 Å². The van der Waals surface area contributed by atoms with Crippen LogP contribution in [0, 0.1) is 5.82 Å². The van der Waals surface area contributed by atoms with Crippen LogP contribution in [0.1, 0.15) is 12.5 Å². The van der Waals surface area contributed by atoms with E-state index in [0.29, 0.717) is 0 Å². The normalized spacial score (nSPS) is 12.0. The third kappa shape index (κ3) is 3.97. The molecule has 1 N–H and O–H groups in total. The predicted octanol–water partition coefficient (Wildman–Crippen LogP) is 4.64. The fraction of sp³-hybridized carbons (Fsp3) is 0.250. The number of rotatable bonds is 5. The number of nitrogens with one attached hydrogen (secondary N) is 1. The maximum atomic E-state index is 12.9. The summed E-state index contributed by atoms with van der Waals surface area (Å²) in [5.74, 6) is 0.599. The molecule has 1 unspecified atom stereocenters. The van der Waals surface area contributed by atoms with Gasteiger partial charge in [-0.2, -0.15) is 0 Å². The first-order valence-electron chi connectivity index (χ1n) is 6.43. The van der Waals surface area contributed by atoms with Crippen molar-refractivity contribution in [2.24, 2.45) is 0 Å².